The molecule has 1 fully saturated rings. The molecular formula is C6H10BrO. The van der Waals surface area contributed by atoms with E-state index in [1.54, 1.807) is 0 Å². The minimum atomic E-state index is -0.0764. The predicted octanol–water partition coefficient (Wildman–Crippen LogP) is 2.11. The standard InChI is InChI=1S/C6H10BrO/c1-2-6(7)4-3-5-8-6/h2H,3-5H2,1H3. The molecule has 1 unspecified atom stereocenters. The molecule has 1 rings (SSSR count). The van der Waals surface area contributed by atoms with Crippen LogP contribution in [-0.2, 0) is 4.74 Å². The molecule has 1 saturated heterocycles. The molecule has 0 aromatic heterocycles. The van der Waals surface area contributed by atoms with E-state index in [9.17, 15) is 0 Å². The second kappa shape index (κ2) is 2.36. The minimum absolute atomic E-state index is 0.0764. The topological polar surface area (TPSA) is 9.23 Å². The van der Waals surface area contributed by atoms with Crippen LogP contribution in [0.4, 0.5) is 0 Å². The molecule has 0 bridgehead atoms. The van der Waals surface area contributed by atoms with Crippen molar-refractivity contribution in [1.29, 1.82) is 0 Å². The maximum absolute atomic E-state index is 5.35. The molecule has 0 N–H and O–H groups in total. The summed E-state index contributed by atoms with van der Waals surface area (Å²) in [6.07, 6.45) is 4.35. The van der Waals surface area contributed by atoms with Crippen molar-refractivity contribution in [2.75, 3.05) is 6.61 Å². The van der Waals surface area contributed by atoms with E-state index in [1.807, 2.05) is 6.92 Å². The molecule has 1 heterocycles. The molecule has 1 radical (unpaired) electrons. The average Bonchev–Trinajstić information content (AvgIpc) is 2.17. The van der Waals surface area contributed by atoms with E-state index in [0.717, 1.165) is 13.0 Å². The van der Waals surface area contributed by atoms with Gasteiger partial charge in [0.25, 0.3) is 0 Å². The quantitative estimate of drug-likeness (QED) is 0.558. The number of alkyl halides is 1. The smallest absolute Gasteiger partial charge is 0.125 e. The lowest BCUT2D eigenvalue weighted by Crippen LogP contribution is -2.16. The highest BCUT2D eigenvalue weighted by Crippen LogP contribution is 2.33. The van der Waals surface area contributed by atoms with Crippen molar-refractivity contribution in [3.63, 3.8) is 0 Å². The van der Waals surface area contributed by atoms with Crippen molar-refractivity contribution >= 4 is 15.9 Å². The highest BCUT2D eigenvalue weighted by atomic mass is 79.9. The van der Waals surface area contributed by atoms with Crippen molar-refractivity contribution < 1.29 is 4.74 Å². The van der Waals surface area contributed by atoms with Crippen LogP contribution in [0, 0.1) is 6.42 Å². The molecule has 1 aliphatic heterocycles. The second-order valence-electron chi connectivity index (χ2n) is 2.03. The van der Waals surface area contributed by atoms with Gasteiger partial charge in [0.2, 0.25) is 0 Å². The van der Waals surface area contributed by atoms with Crippen LogP contribution in [0.5, 0.6) is 0 Å². The molecule has 1 aliphatic rings. The molecule has 0 aromatic carbocycles. The first-order chi connectivity index (χ1) is 3.77. The second-order valence-corrected chi connectivity index (χ2v) is 3.37. The zero-order valence-electron chi connectivity index (χ0n) is 4.98. The summed E-state index contributed by atoms with van der Waals surface area (Å²) in [5.74, 6) is 0. The van der Waals surface area contributed by atoms with E-state index in [-0.39, 0.29) is 4.51 Å². The highest BCUT2D eigenvalue weighted by Gasteiger charge is 2.29. The van der Waals surface area contributed by atoms with Crippen LogP contribution < -0.4 is 0 Å². The van der Waals surface area contributed by atoms with Gasteiger partial charge in [0.15, 0.2) is 0 Å². The summed E-state index contributed by atoms with van der Waals surface area (Å²) in [4.78, 5) is 0. The highest BCUT2D eigenvalue weighted by molar-refractivity contribution is 9.10. The summed E-state index contributed by atoms with van der Waals surface area (Å²) in [6, 6.07) is 0. The maximum Gasteiger partial charge on any atom is 0.125 e. The Hall–Kier alpha value is 0.440. The van der Waals surface area contributed by atoms with Gasteiger partial charge in [0, 0.05) is 13.0 Å². The van der Waals surface area contributed by atoms with E-state index in [2.05, 4.69) is 22.4 Å². The first kappa shape index (κ1) is 6.56. The summed E-state index contributed by atoms with van der Waals surface area (Å²) in [6.45, 7) is 2.91. The molecule has 0 saturated carbocycles. The van der Waals surface area contributed by atoms with Gasteiger partial charge < -0.3 is 4.74 Å². The SMILES string of the molecule is C[CH]C1(Br)CCCO1. The van der Waals surface area contributed by atoms with Crippen LogP contribution in [0.15, 0.2) is 0 Å². The number of hydrogen-bond acceptors (Lipinski definition) is 1. The van der Waals surface area contributed by atoms with Gasteiger partial charge in [-0.25, -0.2) is 0 Å². The predicted molar refractivity (Wildman–Crippen MR) is 36.8 cm³/mol. The van der Waals surface area contributed by atoms with Crippen molar-refractivity contribution in [3.8, 4) is 0 Å². The van der Waals surface area contributed by atoms with Crippen LogP contribution >= 0.6 is 15.9 Å². The van der Waals surface area contributed by atoms with E-state index < -0.39 is 0 Å². The van der Waals surface area contributed by atoms with Gasteiger partial charge in [-0.3, -0.25) is 0 Å². The van der Waals surface area contributed by atoms with Crippen molar-refractivity contribution in [3.05, 3.63) is 6.42 Å². The lowest BCUT2D eigenvalue weighted by Gasteiger charge is -2.16. The normalized spacial score (nSPS) is 38.2. The Balaban J connectivity index is 2.40. The Bertz CT molecular complexity index is 76.6. The van der Waals surface area contributed by atoms with E-state index in [4.69, 9.17) is 4.74 Å². The van der Waals surface area contributed by atoms with Gasteiger partial charge in [0.05, 0.1) is 0 Å². The van der Waals surface area contributed by atoms with Crippen molar-refractivity contribution in [2.24, 2.45) is 0 Å². The Morgan fingerprint density at radius 3 is 2.75 bits per heavy atom. The summed E-state index contributed by atoms with van der Waals surface area (Å²) in [5.41, 5.74) is 0. The van der Waals surface area contributed by atoms with Gasteiger partial charge >= 0.3 is 0 Å². The largest absolute Gasteiger partial charge is 0.363 e. The molecular weight excluding hydrogens is 168 g/mol. The van der Waals surface area contributed by atoms with Crippen molar-refractivity contribution in [2.45, 2.75) is 24.3 Å². The third-order valence-electron chi connectivity index (χ3n) is 1.44. The summed E-state index contributed by atoms with van der Waals surface area (Å²) < 4.78 is 5.27. The molecule has 1 nitrogen and oxygen atoms in total. The van der Waals surface area contributed by atoms with Crippen LogP contribution in [0.3, 0.4) is 0 Å². The number of rotatable bonds is 1. The third-order valence-corrected chi connectivity index (χ3v) is 2.52. The molecule has 1 atom stereocenters. The van der Waals surface area contributed by atoms with Gasteiger partial charge in [0.1, 0.15) is 4.51 Å². The fourth-order valence-corrected chi connectivity index (χ4v) is 1.30. The lowest BCUT2D eigenvalue weighted by atomic mass is 10.2. The Morgan fingerprint density at radius 1 is 1.75 bits per heavy atom. The summed E-state index contributed by atoms with van der Waals surface area (Å²) in [7, 11) is 0. The van der Waals surface area contributed by atoms with E-state index >= 15 is 0 Å². The molecule has 8 heavy (non-hydrogen) atoms. The third kappa shape index (κ3) is 1.23. The number of halogens is 1. The fourth-order valence-electron chi connectivity index (χ4n) is 0.855. The van der Waals surface area contributed by atoms with Gasteiger partial charge in [-0.2, -0.15) is 0 Å². The Kier molecular flexibility index (Phi) is 1.93. The van der Waals surface area contributed by atoms with Gasteiger partial charge in [-0.1, -0.05) is 22.9 Å². The lowest BCUT2D eigenvalue weighted by molar-refractivity contribution is 0.113. The zero-order valence-corrected chi connectivity index (χ0v) is 6.57. The van der Waals surface area contributed by atoms with Crippen LogP contribution in [0.25, 0.3) is 0 Å². The molecule has 0 spiro atoms. The van der Waals surface area contributed by atoms with Crippen LogP contribution in [-0.4, -0.2) is 11.1 Å². The van der Waals surface area contributed by atoms with Crippen LogP contribution in [0.1, 0.15) is 19.8 Å². The number of ether oxygens (including phenoxy) is 1. The maximum atomic E-state index is 5.35. The average molecular weight is 178 g/mol. The molecule has 0 aliphatic carbocycles. The Morgan fingerprint density at radius 2 is 2.50 bits per heavy atom. The number of hydrogen-bond donors (Lipinski definition) is 0. The summed E-state index contributed by atoms with van der Waals surface area (Å²) >= 11 is 3.47. The fraction of sp³-hybridized carbons (Fsp3) is 0.833. The first-order valence-corrected chi connectivity index (χ1v) is 3.69. The molecule has 47 valence electrons. The molecule has 2 heteroatoms. The first-order valence-electron chi connectivity index (χ1n) is 2.90. The molecule has 0 aromatic rings. The van der Waals surface area contributed by atoms with Crippen molar-refractivity contribution in [1.82, 2.24) is 0 Å². The Labute approximate surface area is 58.5 Å². The zero-order chi connectivity index (χ0) is 6.04. The molecule has 0 amide bonds. The minimum Gasteiger partial charge on any atom is -0.363 e. The van der Waals surface area contributed by atoms with Crippen LogP contribution in [0.2, 0.25) is 0 Å². The van der Waals surface area contributed by atoms with E-state index in [1.165, 1.54) is 6.42 Å². The monoisotopic (exact) mass is 177 g/mol. The van der Waals surface area contributed by atoms with E-state index in [0.29, 0.717) is 0 Å². The van der Waals surface area contributed by atoms with Gasteiger partial charge in [-0.05, 0) is 12.8 Å². The van der Waals surface area contributed by atoms with Gasteiger partial charge in [-0.15, -0.1) is 0 Å². The summed E-state index contributed by atoms with van der Waals surface area (Å²) in [5, 5.41) is 0.